The summed E-state index contributed by atoms with van der Waals surface area (Å²) >= 11 is 0. The van der Waals surface area contributed by atoms with Crippen molar-refractivity contribution >= 4 is 23.0 Å². The number of hydrogen-bond acceptors (Lipinski definition) is 6. The third-order valence-corrected chi connectivity index (χ3v) is 7.19. The highest BCUT2D eigenvalue weighted by Crippen LogP contribution is 2.27. The second-order valence-electron chi connectivity index (χ2n) is 9.28. The van der Waals surface area contributed by atoms with Crippen LogP contribution in [0.2, 0.25) is 0 Å². The van der Waals surface area contributed by atoms with Gasteiger partial charge in [0, 0.05) is 49.8 Å². The van der Waals surface area contributed by atoms with Crippen LogP contribution >= 0.6 is 0 Å². The molecule has 0 aromatic carbocycles. The van der Waals surface area contributed by atoms with Crippen molar-refractivity contribution in [3.63, 3.8) is 0 Å². The van der Waals surface area contributed by atoms with Crippen molar-refractivity contribution < 1.29 is 9.53 Å². The summed E-state index contributed by atoms with van der Waals surface area (Å²) < 4.78 is 9.23. The average molecular weight is 460 g/mol. The first-order valence-corrected chi connectivity index (χ1v) is 12.1. The maximum Gasteiger partial charge on any atom is 0.272 e. The molecule has 4 aromatic heterocycles. The number of likely N-dealkylation sites (tertiary alicyclic amines) is 1. The Morgan fingerprint density at radius 1 is 1.06 bits per heavy atom. The van der Waals surface area contributed by atoms with Gasteiger partial charge in [0.25, 0.3) is 5.91 Å². The van der Waals surface area contributed by atoms with E-state index < -0.39 is 0 Å². The molecule has 176 valence electrons. The van der Waals surface area contributed by atoms with E-state index in [9.17, 15) is 4.79 Å². The van der Waals surface area contributed by atoms with E-state index in [0.717, 1.165) is 73.9 Å². The number of carbonyl (C=O) groups excluding carboxylic acids is 1. The summed E-state index contributed by atoms with van der Waals surface area (Å²) in [7, 11) is 1.79. The van der Waals surface area contributed by atoms with Crippen molar-refractivity contribution in [2.24, 2.45) is 0 Å². The summed E-state index contributed by atoms with van der Waals surface area (Å²) in [6.45, 7) is 1.63. The van der Waals surface area contributed by atoms with Gasteiger partial charge >= 0.3 is 0 Å². The maximum atomic E-state index is 13.0. The van der Waals surface area contributed by atoms with Gasteiger partial charge in [-0.05, 0) is 56.7 Å². The number of aromatic nitrogens is 5. The molecule has 1 aliphatic carbocycles. The number of pyridine rings is 1. The predicted molar refractivity (Wildman–Crippen MR) is 129 cm³/mol. The van der Waals surface area contributed by atoms with Crippen LogP contribution in [0.4, 0.5) is 5.95 Å². The van der Waals surface area contributed by atoms with E-state index in [1.54, 1.807) is 13.3 Å². The van der Waals surface area contributed by atoms with Gasteiger partial charge in [-0.3, -0.25) is 9.20 Å². The van der Waals surface area contributed by atoms with E-state index in [1.807, 2.05) is 50.6 Å². The second kappa shape index (κ2) is 8.72. The van der Waals surface area contributed by atoms with Crippen molar-refractivity contribution in [1.29, 1.82) is 0 Å². The SMILES string of the molecule is CO[C@H]1CC[C@H](Nc2ncc3c(-c4ccc5ncc(C(=O)N6CCCC6)n5c4)ccn3n2)CC1. The normalized spacial score (nSPS) is 20.9. The Labute approximate surface area is 197 Å². The van der Waals surface area contributed by atoms with Gasteiger partial charge in [-0.2, -0.15) is 0 Å². The van der Waals surface area contributed by atoms with Crippen LogP contribution in [0.3, 0.4) is 0 Å². The van der Waals surface area contributed by atoms with E-state index in [1.165, 1.54) is 0 Å². The van der Waals surface area contributed by atoms with E-state index in [4.69, 9.17) is 4.74 Å². The molecular weight excluding hydrogens is 430 g/mol. The fourth-order valence-corrected chi connectivity index (χ4v) is 5.22. The molecule has 9 heteroatoms. The Hall–Kier alpha value is -3.46. The first-order valence-electron chi connectivity index (χ1n) is 12.1. The van der Waals surface area contributed by atoms with Gasteiger partial charge < -0.3 is 15.0 Å². The predicted octanol–water partition coefficient (Wildman–Crippen LogP) is 3.65. The number of amides is 1. The van der Waals surface area contributed by atoms with Crippen LogP contribution in [-0.4, -0.2) is 67.1 Å². The van der Waals surface area contributed by atoms with Crippen LogP contribution in [0.5, 0.6) is 0 Å². The summed E-state index contributed by atoms with van der Waals surface area (Å²) in [5, 5.41) is 8.17. The van der Waals surface area contributed by atoms with E-state index >= 15 is 0 Å². The minimum Gasteiger partial charge on any atom is -0.381 e. The summed E-state index contributed by atoms with van der Waals surface area (Å²) in [4.78, 5) is 23.9. The largest absolute Gasteiger partial charge is 0.381 e. The van der Waals surface area contributed by atoms with Crippen molar-refractivity contribution in [3.05, 3.63) is 48.7 Å². The lowest BCUT2D eigenvalue weighted by atomic mass is 9.93. The van der Waals surface area contributed by atoms with Crippen LogP contribution in [0, 0.1) is 0 Å². The molecule has 6 rings (SSSR count). The minimum absolute atomic E-state index is 0.0440. The molecule has 0 spiro atoms. The Bertz CT molecular complexity index is 1330. The van der Waals surface area contributed by atoms with Gasteiger partial charge in [-0.15, -0.1) is 5.10 Å². The molecule has 2 aliphatic rings. The number of ether oxygens (including phenoxy) is 1. The van der Waals surface area contributed by atoms with Gasteiger partial charge in [0.1, 0.15) is 11.3 Å². The fraction of sp³-hybridized carbons (Fsp3) is 0.440. The van der Waals surface area contributed by atoms with Gasteiger partial charge in [-0.25, -0.2) is 14.5 Å². The van der Waals surface area contributed by atoms with Gasteiger partial charge in [-0.1, -0.05) is 0 Å². The monoisotopic (exact) mass is 459 g/mol. The Morgan fingerprint density at radius 3 is 2.68 bits per heavy atom. The zero-order chi connectivity index (χ0) is 23.1. The molecule has 5 heterocycles. The highest BCUT2D eigenvalue weighted by Gasteiger charge is 2.23. The third-order valence-electron chi connectivity index (χ3n) is 7.19. The zero-order valence-corrected chi connectivity index (χ0v) is 19.4. The van der Waals surface area contributed by atoms with E-state index in [-0.39, 0.29) is 5.91 Å². The standard InChI is InChI=1S/C25H29N7O2/c1-34-19-7-5-18(6-8-19)28-25-27-14-21-20(10-13-32(21)29-25)17-4-9-23-26-15-22(31(23)16-17)24(33)30-11-2-3-12-30/h4,9-10,13-16,18-19H,2-3,5-8,11-12H2,1H3,(H,28,29)/t18-,19-. The van der Waals surface area contributed by atoms with Crippen LogP contribution in [-0.2, 0) is 4.74 Å². The second-order valence-corrected chi connectivity index (χ2v) is 9.28. The molecule has 0 atom stereocenters. The summed E-state index contributed by atoms with van der Waals surface area (Å²) in [6, 6.07) is 6.39. The quantitative estimate of drug-likeness (QED) is 0.490. The van der Waals surface area contributed by atoms with Crippen molar-refractivity contribution in [1.82, 2.24) is 28.9 Å². The number of fused-ring (bicyclic) bond motifs is 2. The first-order chi connectivity index (χ1) is 16.7. The third kappa shape index (κ3) is 3.79. The zero-order valence-electron chi connectivity index (χ0n) is 19.4. The molecule has 0 unspecified atom stereocenters. The Balaban J connectivity index is 1.26. The molecule has 0 bridgehead atoms. The molecule has 1 N–H and O–H groups in total. The molecule has 0 radical (unpaired) electrons. The molecular formula is C25H29N7O2. The molecule has 1 saturated carbocycles. The molecule has 34 heavy (non-hydrogen) atoms. The van der Waals surface area contributed by atoms with Crippen LogP contribution in [0.1, 0.15) is 49.0 Å². The number of nitrogens with one attached hydrogen (secondary N) is 1. The van der Waals surface area contributed by atoms with Crippen molar-refractivity contribution in [2.75, 3.05) is 25.5 Å². The first kappa shape index (κ1) is 21.1. The lowest BCUT2D eigenvalue weighted by Crippen LogP contribution is -2.30. The molecule has 1 aliphatic heterocycles. The number of imidazole rings is 1. The number of rotatable bonds is 5. The molecule has 4 aromatic rings. The lowest BCUT2D eigenvalue weighted by Gasteiger charge is -2.28. The lowest BCUT2D eigenvalue weighted by molar-refractivity contribution is 0.0681. The van der Waals surface area contributed by atoms with Crippen molar-refractivity contribution in [2.45, 2.75) is 50.7 Å². The molecule has 2 fully saturated rings. The molecule has 1 amide bonds. The van der Waals surface area contributed by atoms with Gasteiger partial charge in [0.2, 0.25) is 5.95 Å². The summed E-state index contributed by atoms with van der Waals surface area (Å²) in [5.74, 6) is 0.682. The summed E-state index contributed by atoms with van der Waals surface area (Å²) in [5.41, 5.74) is 4.29. The topological polar surface area (TPSA) is 89.1 Å². The number of methoxy groups -OCH3 is 1. The number of carbonyl (C=O) groups is 1. The number of nitrogens with zero attached hydrogens (tertiary/aromatic N) is 6. The molecule has 9 nitrogen and oxygen atoms in total. The maximum absolute atomic E-state index is 13.0. The van der Waals surface area contributed by atoms with Gasteiger partial charge in [0.05, 0.1) is 24.0 Å². The average Bonchev–Trinajstić information content (AvgIpc) is 3.63. The van der Waals surface area contributed by atoms with Crippen LogP contribution < -0.4 is 5.32 Å². The highest BCUT2D eigenvalue weighted by molar-refractivity contribution is 5.93. The number of anilines is 1. The minimum atomic E-state index is 0.0440. The molecule has 1 saturated heterocycles. The Morgan fingerprint density at radius 2 is 1.88 bits per heavy atom. The van der Waals surface area contributed by atoms with Crippen LogP contribution in [0.25, 0.3) is 22.3 Å². The van der Waals surface area contributed by atoms with E-state index in [0.29, 0.717) is 23.8 Å². The van der Waals surface area contributed by atoms with Gasteiger partial charge in [0.15, 0.2) is 0 Å². The number of hydrogen-bond donors (Lipinski definition) is 1. The fourth-order valence-electron chi connectivity index (χ4n) is 5.22. The highest BCUT2D eigenvalue weighted by atomic mass is 16.5. The van der Waals surface area contributed by atoms with Crippen molar-refractivity contribution in [3.8, 4) is 11.1 Å². The smallest absolute Gasteiger partial charge is 0.272 e. The Kier molecular flexibility index (Phi) is 5.41. The van der Waals surface area contributed by atoms with E-state index in [2.05, 4.69) is 20.4 Å². The van der Waals surface area contributed by atoms with Crippen LogP contribution in [0.15, 0.2) is 43.0 Å². The summed E-state index contributed by atoms with van der Waals surface area (Å²) in [6.07, 6.45) is 14.2.